The molecule has 2 rings (SSSR count). The molecule has 0 unspecified atom stereocenters. The summed E-state index contributed by atoms with van der Waals surface area (Å²) in [6, 6.07) is 10.6. The van der Waals surface area contributed by atoms with Gasteiger partial charge in [0.1, 0.15) is 11.5 Å². The Morgan fingerprint density at radius 1 is 0.824 bits per heavy atom. The van der Waals surface area contributed by atoms with Crippen LogP contribution in [0, 0.1) is 6.92 Å². The van der Waals surface area contributed by atoms with Gasteiger partial charge in [0, 0.05) is 11.1 Å². The summed E-state index contributed by atoms with van der Waals surface area (Å²) in [5.41, 5.74) is 1.07. The van der Waals surface area contributed by atoms with Gasteiger partial charge in [-0.3, -0.25) is 0 Å². The second kappa shape index (κ2) is 5.18. The molecule has 0 atom stereocenters. The zero-order valence-electron chi connectivity index (χ0n) is 9.01. The monoisotopic (exact) mass is 286 g/mol. The highest BCUT2D eigenvalue weighted by atomic mass is 35.5. The standard InChI is InChI=1S/C13H9Cl3O/c1-8-2-5-12(11(16)6-8)17-13-7-9(14)3-4-10(13)15/h2-7H,1H3. The molecule has 0 amide bonds. The van der Waals surface area contributed by atoms with Crippen molar-refractivity contribution in [3.05, 3.63) is 57.0 Å². The van der Waals surface area contributed by atoms with E-state index in [4.69, 9.17) is 39.5 Å². The summed E-state index contributed by atoms with van der Waals surface area (Å²) in [7, 11) is 0. The smallest absolute Gasteiger partial charge is 0.147 e. The number of aryl methyl sites for hydroxylation is 1. The third-order valence-corrected chi connectivity index (χ3v) is 3.04. The molecule has 0 heterocycles. The molecule has 0 aliphatic heterocycles. The van der Waals surface area contributed by atoms with Crippen LogP contribution in [0.1, 0.15) is 5.56 Å². The van der Waals surface area contributed by atoms with E-state index in [-0.39, 0.29) is 0 Å². The van der Waals surface area contributed by atoms with Crippen molar-refractivity contribution in [3.63, 3.8) is 0 Å². The molecular formula is C13H9Cl3O. The lowest BCUT2D eigenvalue weighted by atomic mass is 10.2. The van der Waals surface area contributed by atoms with Crippen molar-refractivity contribution in [1.82, 2.24) is 0 Å². The van der Waals surface area contributed by atoms with E-state index >= 15 is 0 Å². The minimum Gasteiger partial charge on any atom is -0.454 e. The molecule has 0 aliphatic rings. The van der Waals surface area contributed by atoms with Gasteiger partial charge in [-0.25, -0.2) is 0 Å². The van der Waals surface area contributed by atoms with Crippen LogP contribution in [0.5, 0.6) is 11.5 Å². The Kier molecular flexibility index (Phi) is 3.82. The SMILES string of the molecule is Cc1ccc(Oc2cc(Cl)ccc2Cl)c(Cl)c1. The van der Waals surface area contributed by atoms with E-state index in [9.17, 15) is 0 Å². The molecule has 0 N–H and O–H groups in total. The Morgan fingerprint density at radius 3 is 2.29 bits per heavy atom. The van der Waals surface area contributed by atoms with Gasteiger partial charge in [0.2, 0.25) is 0 Å². The molecule has 2 aromatic carbocycles. The van der Waals surface area contributed by atoms with Crippen molar-refractivity contribution in [2.45, 2.75) is 6.92 Å². The van der Waals surface area contributed by atoms with Gasteiger partial charge in [-0.2, -0.15) is 0 Å². The van der Waals surface area contributed by atoms with Crippen LogP contribution in [-0.2, 0) is 0 Å². The summed E-state index contributed by atoms with van der Waals surface area (Å²) in [5.74, 6) is 1.05. The van der Waals surface area contributed by atoms with Crippen molar-refractivity contribution in [2.75, 3.05) is 0 Å². The zero-order chi connectivity index (χ0) is 12.4. The first-order valence-electron chi connectivity index (χ1n) is 4.95. The number of rotatable bonds is 2. The fraction of sp³-hybridized carbons (Fsp3) is 0.0769. The van der Waals surface area contributed by atoms with Crippen LogP contribution in [0.4, 0.5) is 0 Å². The number of benzene rings is 2. The quantitative estimate of drug-likeness (QED) is 0.683. The van der Waals surface area contributed by atoms with Crippen LogP contribution < -0.4 is 4.74 Å². The molecular weight excluding hydrogens is 279 g/mol. The van der Waals surface area contributed by atoms with E-state index < -0.39 is 0 Å². The first-order valence-corrected chi connectivity index (χ1v) is 6.09. The third kappa shape index (κ3) is 3.06. The Hall–Kier alpha value is -0.890. The van der Waals surface area contributed by atoms with Crippen LogP contribution in [0.2, 0.25) is 15.1 Å². The summed E-state index contributed by atoms with van der Waals surface area (Å²) >= 11 is 17.9. The van der Waals surface area contributed by atoms with Crippen molar-refractivity contribution in [1.29, 1.82) is 0 Å². The molecule has 0 radical (unpaired) electrons. The van der Waals surface area contributed by atoms with Gasteiger partial charge in [-0.1, -0.05) is 40.9 Å². The molecule has 0 saturated heterocycles. The minimum absolute atomic E-state index is 0.491. The average molecular weight is 288 g/mol. The summed E-state index contributed by atoms with van der Waals surface area (Å²) in [5, 5.41) is 1.60. The largest absolute Gasteiger partial charge is 0.454 e. The summed E-state index contributed by atoms with van der Waals surface area (Å²) < 4.78 is 5.63. The van der Waals surface area contributed by atoms with E-state index in [0.29, 0.717) is 26.6 Å². The number of halogens is 3. The molecule has 0 saturated carbocycles. The van der Waals surface area contributed by atoms with Crippen LogP contribution in [0.3, 0.4) is 0 Å². The maximum Gasteiger partial charge on any atom is 0.147 e. The first-order chi connectivity index (χ1) is 8.06. The van der Waals surface area contributed by atoms with Crippen molar-refractivity contribution >= 4 is 34.8 Å². The lowest BCUT2D eigenvalue weighted by Crippen LogP contribution is -1.87. The molecule has 1 nitrogen and oxygen atoms in total. The number of ether oxygens (including phenoxy) is 1. The second-order valence-corrected chi connectivity index (χ2v) is 4.86. The summed E-state index contributed by atoms with van der Waals surface area (Å²) in [4.78, 5) is 0. The molecule has 0 aliphatic carbocycles. The van der Waals surface area contributed by atoms with E-state index in [2.05, 4.69) is 0 Å². The molecule has 4 heteroatoms. The minimum atomic E-state index is 0.491. The van der Waals surface area contributed by atoms with Crippen molar-refractivity contribution < 1.29 is 4.74 Å². The molecule has 88 valence electrons. The Balaban J connectivity index is 2.34. The molecule has 0 aromatic heterocycles. The maximum atomic E-state index is 6.07. The van der Waals surface area contributed by atoms with E-state index in [1.54, 1.807) is 24.3 Å². The lowest BCUT2D eigenvalue weighted by molar-refractivity contribution is 0.483. The van der Waals surface area contributed by atoms with E-state index in [0.717, 1.165) is 5.56 Å². The molecule has 17 heavy (non-hydrogen) atoms. The number of hydrogen-bond donors (Lipinski definition) is 0. The molecule has 0 bridgehead atoms. The Labute approximate surface area is 115 Å². The van der Waals surface area contributed by atoms with E-state index in [1.807, 2.05) is 19.1 Å². The van der Waals surface area contributed by atoms with Crippen LogP contribution in [0.15, 0.2) is 36.4 Å². The van der Waals surface area contributed by atoms with Gasteiger partial charge < -0.3 is 4.74 Å². The zero-order valence-corrected chi connectivity index (χ0v) is 11.3. The number of hydrogen-bond acceptors (Lipinski definition) is 1. The highest BCUT2D eigenvalue weighted by molar-refractivity contribution is 6.34. The highest BCUT2D eigenvalue weighted by Gasteiger charge is 2.07. The highest BCUT2D eigenvalue weighted by Crippen LogP contribution is 2.35. The predicted octanol–water partition coefficient (Wildman–Crippen LogP) is 5.75. The van der Waals surface area contributed by atoms with Gasteiger partial charge in [0.15, 0.2) is 0 Å². The van der Waals surface area contributed by atoms with Gasteiger partial charge in [-0.05, 0) is 36.8 Å². The Morgan fingerprint density at radius 2 is 1.59 bits per heavy atom. The Bertz CT molecular complexity index is 552. The first kappa shape index (κ1) is 12.6. The van der Waals surface area contributed by atoms with Gasteiger partial charge >= 0.3 is 0 Å². The van der Waals surface area contributed by atoms with Crippen LogP contribution in [-0.4, -0.2) is 0 Å². The van der Waals surface area contributed by atoms with Gasteiger partial charge in [0.05, 0.1) is 10.0 Å². The predicted molar refractivity (Wildman–Crippen MR) is 72.7 cm³/mol. The fourth-order valence-corrected chi connectivity index (χ4v) is 1.95. The molecule has 2 aromatic rings. The van der Waals surface area contributed by atoms with Gasteiger partial charge in [0.25, 0.3) is 0 Å². The fourth-order valence-electron chi connectivity index (χ4n) is 1.36. The topological polar surface area (TPSA) is 9.23 Å². The summed E-state index contributed by atoms with van der Waals surface area (Å²) in [6.45, 7) is 1.96. The second-order valence-electron chi connectivity index (χ2n) is 3.61. The van der Waals surface area contributed by atoms with Crippen LogP contribution >= 0.6 is 34.8 Å². The van der Waals surface area contributed by atoms with Crippen molar-refractivity contribution in [2.24, 2.45) is 0 Å². The van der Waals surface area contributed by atoms with Gasteiger partial charge in [-0.15, -0.1) is 0 Å². The summed E-state index contributed by atoms with van der Waals surface area (Å²) in [6.07, 6.45) is 0. The maximum absolute atomic E-state index is 6.07. The van der Waals surface area contributed by atoms with Crippen LogP contribution in [0.25, 0.3) is 0 Å². The lowest BCUT2D eigenvalue weighted by Gasteiger charge is -2.09. The molecule has 0 spiro atoms. The third-order valence-electron chi connectivity index (χ3n) is 2.20. The van der Waals surface area contributed by atoms with Crippen molar-refractivity contribution in [3.8, 4) is 11.5 Å². The molecule has 0 fully saturated rings. The normalized spacial score (nSPS) is 10.4. The van der Waals surface area contributed by atoms with E-state index in [1.165, 1.54) is 0 Å². The average Bonchev–Trinajstić information content (AvgIpc) is 2.27.